The number of unbranched alkanes of at least 4 members (excludes halogenated alkanes) is 1. The van der Waals surface area contributed by atoms with Crippen LogP contribution in [0.1, 0.15) is 18.4 Å². The second-order valence-corrected chi connectivity index (χ2v) is 9.48. The van der Waals surface area contributed by atoms with Crippen LogP contribution < -0.4 is 23.7 Å². The Morgan fingerprint density at radius 2 is 1.57 bits per heavy atom. The minimum Gasteiger partial charge on any atom is -0.496 e. The quantitative estimate of drug-likeness (QED) is 0.252. The molecule has 192 valence electrons. The summed E-state index contributed by atoms with van der Waals surface area (Å²) >= 11 is 0. The molecule has 0 saturated carbocycles. The average molecular weight is 500 g/mol. The van der Waals surface area contributed by atoms with E-state index in [-0.39, 0.29) is 6.61 Å². The van der Waals surface area contributed by atoms with E-state index in [2.05, 4.69) is 71.1 Å². The van der Waals surface area contributed by atoms with Gasteiger partial charge in [0.25, 0.3) is 5.82 Å². The van der Waals surface area contributed by atoms with Gasteiger partial charge in [-0.3, -0.25) is 4.90 Å². The number of nitrogens with zero attached hydrogens (tertiary/aromatic N) is 2. The molecule has 0 aliphatic carbocycles. The summed E-state index contributed by atoms with van der Waals surface area (Å²) in [6.07, 6.45) is 2.61. The number of aliphatic hydroxyl groups is 1. The fraction of sp³-hybridized carbons (Fsp3) is 0.323. The molecule has 2 heterocycles. The van der Waals surface area contributed by atoms with Crippen molar-refractivity contribution in [1.29, 1.82) is 0 Å². The molecule has 0 unspecified atom stereocenters. The van der Waals surface area contributed by atoms with Gasteiger partial charge in [-0.25, -0.2) is 4.57 Å². The first-order valence-corrected chi connectivity index (χ1v) is 12.8. The first-order chi connectivity index (χ1) is 18.1. The summed E-state index contributed by atoms with van der Waals surface area (Å²) in [5, 5.41) is 11.6. The van der Waals surface area contributed by atoms with Gasteiger partial charge in [-0.2, -0.15) is 0 Å². The second kappa shape index (κ2) is 10.7. The fourth-order valence-corrected chi connectivity index (χ4v) is 5.43. The van der Waals surface area contributed by atoms with Crippen LogP contribution in [0.5, 0.6) is 17.2 Å². The Hall–Kier alpha value is -3.77. The van der Waals surface area contributed by atoms with Crippen LogP contribution in [0.3, 0.4) is 0 Å². The van der Waals surface area contributed by atoms with E-state index in [0.29, 0.717) is 11.5 Å². The van der Waals surface area contributed by atoms with Gasteiger partial charge in [0.15, 0.2) is 11.5 Å². The molecule has 6 nitrogen and oxygen atoms in total. The molecule has 1 aromatic heterocycles. The maximum absolute atomic E-state index is 9.35. The number of pyridine rings is 1. The van der Waals surface area contributed by atoms with Gasteiger partial charge < -0.3 is 19.3 Å². The number of anilines is 1. The highest BCUT2D eigenvalue weighted by Crippen LogP contribution is 2.42. The number of hydrogen-bond acceptors (Lipinski definition) is 5. The lowest BCUT2D eigenvalue weighted by molar-refractivity contribution is -0.674. The standard InChI is InChI=1S/C31H35N2O4/c1-32(13-8-9-15-34)31-26-20-30(37-4)29(36-3)18-23(26)16-27-24-19-25(21-10-6-5-7-11-21)28(35-2)17-22(24)12-14-33(27)31/h5-7,10-11,16-20,34H,8-9,12-15H2,1-4H3/q+1. The van der Waals surface area contributed by atoms with Crippen molar-refractivity contribution < 1.29 is 23.9 Å². The molecule has 6 heteroatoms. The molecule has 1 aliphatic rings. The lowest BCUT2D eigenvalue weighted by atomic mass is 9.91. The van der Waals surface area contributed by atoms with Crippen LogP contribution in [0, 0.1) is 0 Å². The maximum atomic E-state index is 9.35. The molecule has 4 aromatic rings. The third-order valence-electron chi connectivity index (χ3n) is 7.29. The number of aryl methyl sites for hydroxylation is 1. The number of hydrogen-bond donors (Lipinski definition) is 1. The summed E-state index contributed by atoms with van der Waals surface area (Å²) in [4.78, 5) is 2.31. The molecule has 0 atom stereocenters. The van der Waals surface area contributed by atoms with E-state index >= 15 is 0 Å². The largest absolute Gasteiger partial charge is 0.496 e. The van der Waals surface area contributed by atoms with Gasteiger partial charge in [0.1, 0.15) is 11.4 Å². The Morgan fingerprint density at radius 3 is 2.27 bits per heavy atom. The number of fused-ring (bicyclic) bond motifs is 4. The molecular formula is C31H35N2O4+. The van der Waals surface area contributed by atoms with Crippen molar-refractivity contribution in [2.24, 2.45) is 0 Å². The zero-order valence-corrected chi connectivity index (χ0v) is 22.1. The van der Waals surface area contributed by atoms with E-state index in [4.69, 9.17) is 14.2 Å². The van der Waals surface area contributed by atoms with Crippen molar-refractivity contribution in [3.05, 3.63) is 66.2 Å². The summed E-state index contributed by atoms with van der Waals surface area (Å²) in [7, 11) is 7.22. The van der Waals surface area contributed by atoms with Gasteiger partial charge in [0, 0.05) is 30.2 Å². The lowest BCUT2D eigenvalue weighted by Crippen LogP contribution is -2.46. The molecule has 0 radical (unpaired) electrons. The summed E-state index contributed by atoms with van der Waals surface area (Å²) in [6, 6.07) is 21.3. The van der Waals surface area contributed by atoms with Crippen molar-refractivity contribution in [1.82, 2.24) is 0 Å². The molecule has 1 N–H and O–H groups in total. The Balaban J connectivity index is 1.76. The number of rotatable bonds is 9. The van der Waals surface area contributed by atoms with E-state index in [1.807, 2.05) is 6.07 Å². The number of aliphatic hydroxyl groups excluding tert-OH is 1. The molecule has 37 heavy (non-hydrogen) atoms. The van der Waals surface area contributed by atoms with Crippen LogP contribution in [-0.4, -0.2) is 46.6 Å². The van der Waals surface area contributed by atoms with Gasteiger partial charge in [-0.05, 0) is 53.6 Å². The Bertz CT molecular complexity index is 1420. The summed E-state index contributed by atoms with van der Waals surface area (Å²) in [5.74, 6) is 3.47. The van der Waals surface area contributed by atoms with Crippen LogP contribution >= 0.6 is 0 Å². The van der Waals surface area contributed by atoms with Crippen molar-refractivity contribution in [2.45, 2.75) is 25.8 Å². The van der Waals surface area contributed by atoms with Crippen LogP contribution in [0.15, 0.2) is 60.7 Å². The normalized spacial score (nSPS) is 12.1. The van der Waals surface area contributed by atoms with Crippen LogP contribution in [-0.2, 0) is 13.0 Å². The van der Waals surface area contributed by atoms with E-state index in [1.165, 1.54) is 16.8 Å². The fourth-order valence-electron chi connectivity index (χ4n) is 5.43. The second-order valence-electron chi connectivity index (χ2n) is 9.48. The van der Waals surface area contributed by atoms with Gasteiger partial charge in [-0.1, -0.05) is 30.3 Å². The first kappa shape index (κ1) is 24.9. The monoisotopic (exact) mass is 499 g/mol. The highest BCUT2D eigenvalue weighted by molar-refractivity contribution is 5.96. The predicted molar refractivity (Wildman–Crippen MR) is 148 cm³/mol. The third kappa shape index (κ3) is 4.58. The first-order valence-electron chi connectivity index (χ1n) is 12.8. The Morgan fingerprint density at radius 1 is 0.838 bits per heavy atom. The molecule has 0 amide bonds. The Labute approximate surface area is 218 Å². The number of benzene rings is 3. The summed E-state index contributed by atoms with van der Waals surface area (Å²) in [6.45, 7) is 1.91. The van der Waals surface area contributed by atoms with Crippen LogP contribution in [0.2, 0.25) is 0 Å². The van der Waals surface area contributed by atoms with Crippen molar-refractivity contribution in [2.75, 3.05) is 46.4 Å². The number of ether oxygens (including phenoxy) is 3. The zero-order chi connectivity index (χ0) is 25.9. The van der Waals surface area contributed by atoms with Crippen molar-refractivity contribution in [3.63, 3.8) is 0 Å². The smallest absolute Gasteiger partial charge is 0.284 e. The van der Waals surface area contributed by atoms with Crippen molar-refractivity contribution >= 4 is 16.6 Å². The topological polar surface area (TPSA) is 55.0 Å². The third-order valence-corrected chi connectivity index (χ3v) is 7.29. The van der Waals surface area contributed by atoms with Crippen LogP contribution in [0.25, 0.3) is 33.2 Å². The number of aromatic nitrogens is 1. The van der Waals surface area contributed by atoms with E-state index in [1.54, 1.807) is 21.3 Å². The van der Waals surface area contributed by atoms with Gasteiger partial charge in [0.2, 0.25) is 0 Å². The van der Waals surface area contributed by atoms with Crippen molar-refractivity contribution in [3.8, 4) is 39.6 Å². The molecule has 5 rings (SSSR count). The molecule has 0 bridgehead atoms. The summed E-state index contributed by atoms with van der Waals surface area (Å²) < 4.78 is 19.6. The van der Waals surface area contributed by atoms with Gasteiger partial charge >= 0.3 is 0 Å². The molecule has 3 aromatic carbocycles. The SMILES string of the molecule is COc1cc2cc3[n+](c(N(C)CCCCO)c2cc1OC)CCc1cc(OC)c(-c2ccccc2)cc1-3. The predicted octanol–water partition coefficient (Wildman–Crippen LogP) is 5.25. The Kier molecular flexibility index (Phi) is 7.19. The molecular weight excluding hydrogens is 464 g/mol. The average Bonchev–Trinajstić information content (AvgIpc) is 2.94. The molecule has 0 fully saturated rings. The zero-order valence-electron chi connectivity index (χ0n) is 22.1. The molecule has 0 spiro atoms. The summed E-state index contributed by atoms with van der Waals surface area (Å²) in [5.41, 5.74) is 5.89. The van der Waals surface area contributed by atoms with E-state index in [0.717, 1.165) is 65.8 Å². The van der Waals surface area contributed by atoms with E-state index < -0.39 is 0 Å². The van der Waals surface area contributed by atoms with Gasteiger partial charge in [0.05, 0.1) is 46.9 Å². The molecule has 0 saturated heterocycles. The minimum absolute atomic E-state index is 0.205. The highest BCUT2D eigenvalue weighted by atomic mass is 16.5. The van der Waals surface area contributed by atoms with Crippen LogP contribution in [0.4, 0.5) is 5.82 Å². The lowest BCUT2D eigenvalue weighted by Gasteiger charge is -2.26. The highest BCUT2D eigenvalue weighted by Gasteiger charge is 2.30. The number of methoxy groups -OCH3 is 3. The van der Waals surface area contributed by atoms with Gasteiger partial charge in [-0.15, -0.1) is 0 Å². The maximum Gasteiger partial charge on any atom is 0.284 e. The molecule has 1 aliphatic heterocycles. The minimum atomic E-state index is 0.205. The van der Waals surface area contributed by atoms with E-state index in [9.17, 15) is 5.11 Å².